The first-order valence-electron chi connectivity index (χ1n) is 3.96. The fraction of sp³-hybridized carbons (Fsp3) is 0.429. The minimum absolute atomic E-state index is 0.116. The van der Waals surface area contributed by atoms with E-state index in [9.17, 15) is 8.42 Å². The second-order valence-electron chi connectivity index (χ2n) is 2.97. The summed E-state index contributed by atoms with van der Waals surface area (Å²) in [5, 5.41) is 0. The zero-order valence-corrected chi connectivity index (χ0v) is 7.66. The van der Waals surface area contributed by atoms with E-state index >= 15 is 0 Å². The molecule has 1 aromatic heterocycles. The molecule has 1 fully saturated rings. The number of nitrogens with one attached hydrogen (secondary N) is 1. The van der Waals surface area contributed by atoms with Crippen LogP contribution >= 0.6 is 0 Å². The largest absolute Gasteiger partial charge is 0.243 e. The second-order valence-corrected chi connectivity index (χ2v) is 4.68. The van der Waals surface area contributed by atoms with E-state index in [0.717, 1.165) is 12.8 Å². The van der Waals surface area contributed by atoms with Gasteiger partial charge in [-0.2, -0.15) is 0 Å². The summed E-state index contributed by atoms with van der Waals surface area (Å²) < 4.78 is 25.5. The maximum atomic E-state index is 11.5. The third-order valence-electron chi connectivity index (χ3n) is 1.75. The van der Waals surface area contributed by atoms with Gasteiger partial charge >= 0.3 is 0 Å². The molecule has 0 saturated heterocycles. The fourth-order valence-corrected chi connectivity index (χ4v) is 2.12. The van der Waals surface area contributed by atoms with Crippen molar-refractivity contribution in [2.45, 2.75) is 23.8 Å². The molecule has 1 heterocycles. The van der Waals surface area contributed by atoms with E-state index in [1.807, 2.05) is 0 Å². The average molecular weight is 199 g/mol. The van der Waals surface area contributed by atoms with E-state index in [0.29, 0.717) is 0 Å². The number of hydrogen-bond donors (Lipinski definition) is 1. The summed E-state index contributed by atoms with van der Waals surface area (Å²) in [6.07, 6.45) is 5.73. The zero-order valence-electron chi connectivity index (χ0n) is 6.84. The van der Waals surface area contributed by atoms with Crippen molar-refractivity contribution in [3.8, 4) is 0 Å². The summed E-state index contributed by atoms with van der Waals surface area (Å²) in [6, 6.07) is 0.116. The van der Waals surface area contributed by atoms with Gasteiger partial charge in [0, 0.05) is 6.04 Å². The van der Waals surface area contributed by atoms with E-state index in [1.54, 1.807) is 0 Å². The lowest BCUT2D eigenvalue weighted by Gasteiger charge is -2.02. The van der Waals surface area contributed by atoms with Gasteiger partial charge in [-0.05, 0) is 12.8 Å². The van der Waals surface area contributed by atoms with E-state index in [2.05, 4.69) is 14.7 Å². The van der Waals surface area contributed by atoms with Gasteiger partial charge in [0.15, 0.2) is 0 Å². The van der Waals surface area contributed by atoms with Crippen molar-refractivity contribution >= 4 is 10.0 Å². The summed E-state index contributed by atoms with van der Waals surface area (Å²) in [5.41, 5.74) is 0. The van der Waals surface area contributed by atoms with Gasteiger partial charge in [0.1, 0.15) is 11.2 Å². The van der Waals surface area contributed by atoms with Gasteiger partial charge in [0.05, 0.1) is 12.4 Å². The van der Waals surface area contributed by atoms with Crippen molar-refractivity contribution < 1.29 is 8.42 Å². The van der Waals surface area contributed by atoms with Crippen molar-refractivity contribution in [1.82, 2.24) is 14.7 Å². The molecule has 13 heavy (non-hydrogen) atoms. The molecular formula is C7H9N3O2S. The molecule has 5 nitrogen and oxygen atoms in total. The summed E-state index contributed by atoms with van der Waals surface area (Å²) >= 11 is 0. The van der Waals surface area contributed by atoms with Crippen LogP contribution in [0.25, 0.3) is 0 Å². The highest BCUT2D eigenvalue weighted by molar-refractivity contribution is 7.89. The molecule has 70 valence electrons. The summed E-state index contributed by atoms with van der Waals surface area (Å²) in [5.74, 6) is 0. The first kappa shape index (κ1) is 8.58. The van der Waals surface area contributed by atoms with Gasteiger partial charge in [-0.3, -0.25) is 0 Å². The van der Waals surface area contributed by atoms with Crippen LogP contribution in [0.15, 0.2) is 23.6 Å². The van der Waals surface area contributed by atoms with Crippen LogP contribution in [-0.4, -0.2) is 24.4 Å². The van der Waals surface area contributed by atoms with Gasteiger partial charge in [-0.1, -0.05) is 0 Å². The number of aromatic nitrogens is 2. The zero-order chi connectivity index (χ0) is 9.31. The lowest BCUT2D eigenvalue weighted by Crippen LogP contribution is -2.25. The highest BCUT2D eigenvalue weighted by Crippen LogP contribution is 2.21. The molecule has 0 aliphatic heterocycles. The van der Waals surface area contributed by atoms with Gasteiger partial charge in [-0.25, -0.2) is 23.1 Å². The van der Waals surface area contributed by atoms with Gasteiger partial charge in [-0.15, -0.1) is 0 Å². The predicted octanol–water partition coefficient (Wildman–Crippen LogP) is -0.0827. The third-order valence-corrected chi connectivity index (χ3v) is 3.22. The van der Waals surface area contributed by atoms with E-state index in [4.69, 9.17) is 0 Å². The average Bonchev–Trinajstić information content (AvgIpc) is 2.89. The Morgan fingerprint density at radius 1 is 1.31 bits per heavy atom. The maximum absolute atomic E-state index is 11.5. The molecule has 1 saturated carbocycles. The van der Waals surface area contributed by atoms with Crippen molar-refractivity contribution in [2.24, 2.45) is 0 Å². The Kier molecular flexibility index (Phi) is 2.01. The topological polar surface area (TPSA) is 72.0 Å². The molecule has 1 aliphatic rings. The first-order valence-corrected chi connectivity index (χ1v) is 5.44. The fourth-order valence-electron chi connectivity index (χ4n) is 0.913. The molecule has 0 atom stereocenters. The van der Waals surface area contributed by atoms with E-state index < -0.39 is 10.0 Å². The summed E-state index contributed by atoms with van der Waals surface area (Å²) in [6.45, 7) is 0. The molecule has 6 heteroatoms. The Morgan fingerprint density at radius 2 is 1.92 bits per heavy atom. The van der Waals surface area contributed by atoms with Crippen molar-refractivity contribution in [2.75, 3.05) is 0 Å². The highest BCUT2D eigenvalue weighted by Gasteiger charge is 2.28. The van der Waals surface area contributed by atoms with Crippen LogP contribution in [0, 0.1) is 0 Å². The molecule has 0 unspecified atom stereocenters. The van der Waals surface area contributed by atoms with Crippen molar-refractivity contribution in [3.63, 3.8) is 0 Å². The minimum atomic E-state index is -3.37. The minimum Gasteiger partial charge on any atom is -0.243 e. The number of rotatable bonds is 3. The van der Waals surface area contributed by atoms with E-state index in [-0.39, 0.29) is 10.9 Å². The van der Waals surface area contributed by atoms with Crippen LogP contribution in [0.2, 0.25) is 0 Å². The maximum Gasteiger partial charge on any atom is 0.243 e. The molecule has 2 rings (SSSR count). The molecule has 0 amide bonds. The quantitative estimate of drug-likeness (QED) is 0.739. The molecule has 1 aromatic rings. The summed E-state index contributed by atoms with van der Waals surface area (Å²) in [7, 11) is -3.37. The van der Waals surface area contributed by atoms with Crippen LogP contribution in [0.1, 0.15) is 12.8 Å². The Balaban J connectivity index is 2.23. The Labute approximate surface area is 76.3 Å². The number of sulfonamides is 1. The molecule has 0 aromatic carbocycles. The highest BCUT2D eigenvalue weighted by atomic mass is 32.2. The first-order chi connectivity index (χ1) is 6.18. The normalized spacial score (nSPS) is 17.2. The Morgan fingerprint density at radius 3 is 2.46 bits per heavy atom. The molecule has 1 N–H and O–H groups in total. The Bertz CT molecular complexity index is 385. The number of hydrogen-bond acceptors (Lipinski definition) is 4. The number of nitrogens with zero attached hydrogens (tertiary/aromatic N) is 2. The molecular weight excluding hydrogens is 190 g/mol. The molecule has 0 spiro atoms. The molecule has 1 aliphatic carbocycles. The summed E-state index contributed by atoms with van der Waals surface area (Å²) in [4.78, 5) is 7.42. The third kappa shape index (κ3) is 2.02. The second kappa shape index (κ2) is 3.04. The van der Waals surface area contributed by atoms with Gasteiger partial charge < -0.3 is 0 Å². The van der Waals surface area contributed by atoms with Crippen molar-refractivity contribution in [3.05, 3.63) is 18.7 Å². The van der Waals surface area contributed by atoms with Gasteiger partial charge in [0.2, 0.25) is 10.0 Å². The predicted molar refractivity (Wildman–Crippen MR) is 45.4 cm³/mol. The van der Waals surface area contributed by atoms with Crippen LogP contribution in [0.5, 0.6) is 0 Å². The SMILES string of the molecule is O=S(=O)(NC1CC1)c1cncnc1. The van der Waals surface area contributed by atoms with Crippen LogP contribution < -0.4 is 4.72 Å². The standard InChI is InChI=1S/C7H9N3O2S/c11-13(12,10-6-1-2-6)7-3-8-5-9-4-7/h3-6,10H,1-2H2. The lowest BCUT2D eigenvalue weighted by atomic mass is 10.7. The smallest absolute Gasteiger partial charge is 0.243 e. The lowest BCUT2D eigenvalue weighted by molar-refractivity contribution is 0.580. The van der Waals surface area contributed by atoms with Gasteiger partial charge in [0.25, 0.3) is 0 Å². The van der Waals surface area contributed by atoms with Crippen LogP contribution in [0.4, 0.5) is 0 Å². The monoisotopic (exact) mass is 199 g/mol. The molecule has 0 radical (unpaired) electrons. The Hall–Kier alpha value is -1.01. The molecule has 0 bridgehead atoms. The van der Waals surface area contributed by atoms with Crippen LogP contribution in [-0.2, 0) is 10.0 Å². The van der Waals surface area contributed by atoms with E-state index in [1.165, 1.54) is 18.7 Å². The van der Waals surface area contributed by atoms with Crippen LogP contribution in [0.3, 0.4) is 0 Å². The van der Waals surface area contributed by atoms with Crippen molar-refractivity contribution in [1.29, 1.82) is 0 Å².